The lowest BCUT2D eigenvalue weighted by Gasteiger charge is -2.11. The van der Waals surface area contributed by atoms with Gasteiger partial charge in [-0.1, -0.05) is 12.1 Å². The van der Waals surface area contributed by atoms with E-state index in [4.69, 9.17) is 4.74 Å². The maximum Gasteiger partial charge on any atom is 0.339 e. The van der Waals surface area contributed by atoms with E-state index in [0.717, 1.165) is 22.6 Å². The number of nitrogens with zero attached hydrogens (tertiary/aromatic N) is 1. The molecular formula is C18H22N2O3. The molecule has 1 aromatic carbocycles. The number of aryl methyl sites for hydroxylation is 2. The zero-order valence-corrected chi connectivity index (χ0v) is 14.0. The molecule has 0 spiro atoms. The number of amides is 1. The van der Waals surface area contributed by atoms with E-state index < -0.39 is 0 Å². The number of hydrogen-bond acceptors (Lipinski definition) is 3. The highest BCUT2D eigenvalue weighted by Crippen LogP contribution is 2.17. The van der Waals surface area contributed by atoms with Crippen molar-refractivity contribution in [2.45, 2.75) is 34.2 Å². The van der Waals surface area contributed by atoms with Crippen molar-refractivity contribution in [2.75, 3.05) is 11.9 Å². The fourth-order valence-electron chi connectivity index (χ4n) is 2.53. The Kier molecular flexibility index (Phi) is 5.21. The number of rotatable bonds is 5. The number of benzene rings is 1. The minimum Gasteiger partial charge on any atom is -0.462 e. The lowest BCUT2D eigenvalue weighted by molar-refractivity contribution is -0.116. The second-order valence-electron chi connectivity index (χ2n) is 5.51. The molecule has 0 atom stereocenters. The Hall–Kier alpha value is -2.56. The SMILES string of the molecule is CCOC(=O)c1cc(C)n(CC(=O)Nc2cccc(C)c2)c1C. The van der Waals surface area contributed by atoms with Crippen molar-refractivity contribution >= 4 is 17.6 Å². The van der Waals surface area contributed by atoms with E-state index in [9.17, 15) is 9.59 Å². The zero-order valence-electron chi connectivity index (χ0n) is 14.0. The Labute approximate surface area is 136 Å². The van der Waals surface area contributed by atoms with Crippen molar-refractivity contribution in [1.29, 1.82) is 0 Å². The Morgan fingerprint density at radius 1 is 1.17 bits per heavy atom. The van der Waals surface area contributed by atoms with Gasteiger partial charge in [0.25, 0.3) is 0 Å². The second kappa shape index (κ2) is 7.13. The predicted octanol–water partition coefficient (Wildman–Crippen LogP) is 3.23. The average Bonchev–Trinajstić information content (AvgIpc) is 2.75. The fourth-order valence-corrected chi connectivity index (χ4v) is 2.53. The largest absolute Gasteiger partial charge is 0.462 e. The zero-order chi connectivity index (χ0) is 17.0. The lowest BCUT2D eigenvalue weighted by Crippen LogP contribution is -2.20. The van der Waals surface area contributed by atoms with Crippen LogP contribution in [0.5, 0.6) is 0 Å². The summed E-state index contributed by atoms with van der Waals surface area (Å²) in [5, 5.41) is 2.87. The van der Waals surface area contributed by atoms with Gasteiger partial charge in [-0.3, -0.25) is 4.79 Å². The topological polar surface area (TPSA) is 60.3 Å². The number of ether oxygens (including phenoxy) is 1. The van der Waals surface area contributed by atoms with Crippen molar-refractivity contribution in [2.24, 2.45) is 0 Å². The van der Waals surface area contributed by atoms with Gasteiger partial charge < -0.3 is 14.6 Å². The van der Waals surface area contributed by atoms with Gasteiger partial charge in [-0.2, -0.15) is 0 Å². The fraction of sp³-hybridized carbons (Fsp3) is 0.333. The van der Waals surface area contributed by atoms with Crippen molar-refractivity contribution in [3.8, 4) is 0 Å². The van der Waals surface area contributed by atoms with E-state index >= 15 is 0 Å². The van der Waals surface area contributed by atoms with Crippen LogP contribution in [0.15, 0.2) is 30.3 Å². The molecule has 1 aromatic heterocycles. The summed E-state index contributed by atoms with van der Waals surface area (Å²) in [4.78, 5) is 24.2. The predicted molar refractivity (Wildman–Crippen MR) is 89.7 cm³/mol. The normalized spacial score (nSPS) is 10.4. The molecule has 0 unspecified atom stereocenters. The van der Waals surface area contributed by atoms with E-state index in [-0.39, 0.29) is 18.4 Å². The monoisotopic (exact) mass is 314 g/mol. The molecule has 0 fully saturated rings. The van der Waals surface area contributed by atoms with Crippen molar-refractivity contribution in [3.63, 3.8) is 0 Å². The molecule has 0 aliphatic heterocycles. The molecule has 0 aliphatic carbocycles. The van der Waals surface area contributed by atoms with Crippen molar-refractivity contribution in [3.05, 3.63) is 52.8 Å². The van der Waals surface area contributed by atoms with Gasteiger partial charge in [0.2, 0.25) is 5.91 Å². The van der Waals surface area contributed by atoms with Crippen LogP contribution in [0, 0.1) is 20.8 Å². The quantitative estimate of drug-likeness (QED) is 0.862. The number of carbonyl (C=O) groups is 2. The molecular weight excluding hydrogens is 292 g/mol. The molecule has 2 aromatic rings. The third-order valence-corrected chi connectivity index (χ3v) is 3.67. The van der Waals surface area contributed by atoms with E-state index in [0.29, 0.717) is 12.2 Å². The number of aromatic nitrogens is 1. The van der Waals surface area contributed by atoms with Crippen LogP contribution in [0.25, 0.3) is 0 Å². The van der Waals surface area contributed by atoms with Crippen LogP contribution >= 0.6 is 0 Å². The molecule has 2 rings (SSSR count). The average molecular weight is 314 g/mol. The summed E-state index contributed by atoms with van der Waals surface area (Å²) in [5.74, 6) is -0.487. The third-order valence-electron chi connectivity index (χ3n) is 3.67. The molecule has 0 aliphatic rings. The van der Waals surface area contributed by atoms with Crippen LogP contribution in [0.3, 0.4) is 0 Å². The van der Waals surface area contributed by atoms with Gasteiger partial charge in [-0.05, 0) is 51.5 Å². The Morgan fingerprint density at radius 3 is 2.57 bits per heavy atom. The number of carbonyl (C=O) groups excluding carboxylic acids is 2. The van der Waals surface area contributed by atoms with Gasteiger partial charge in [-0.25, -0.2) is 4.79 Å². The first-order chi connectivity index (χ1) is 10.9. The summed E-state index contributed by atoms with van der Waals surface area (Å²) < 4.78 is 6.85. The van der Waals surface area contributed by atoms with E-state index in [1.165, 1.54) is 0 Å². The van der Waals surface area contributed by atoms with Crippen LogP contribution in [0.2, 0.25) is 0 Å². The first-order valence-corrected chi connectivity index (χ1v) is 7.62. The summed E-state index contributed by atoms with van der Waals surface area (Å²) in [5.41, 5.74) is 3.95. The highest BCUT2D eigenvalue weighted by atomic mass is 16.5. The minimum absolute atomic E-state index is 0.132. The lowest BCUT2D eigenvalue weighted by atomic mass is 10.2. The smallest absolute Gasteiger partial charge is 0.339 e. The van der Waals surface area contributed by atoms with E-state index in [1.807, 2.05) is 49.6 Å². The van der Waals surface area contributed by atoms with Crippen molar-refractivity contribution in [1.82, 2.24) is 4.57 Å². The summed E-state index contributed by atoms with van der Waals surface area (Å²) in [6, 6.07) is 9.40. The van der Waals surface area contributed by atoms with Crippen LogP contribution in [0.4, 0.5) is 5.69 Å². The molecule has 5 nitrogen and oxygen atoms in total. The molecule has 0 bridgehead atoms. The van der Waals surface area contributed by atoms with E-state index in [2.05, 4.69) is 5.32 Å². The Morgan fingerprint density at radius 2 is 1.91 bits per heavy atom. The maximum absolute atomic E-state index is 12.3. The first kappa shape index (κ1) is 16.8. The van der Waals surface area contributed by atoms with E-state index in [1.54, 1.807) is 13.0 Å². The van der Waals surface area contributed by atoms with Gasteiger partial charge in [0.15, 0.2) is 0 Å². The number of esters is 1. The number of nitrogens with one attached hydrogen (secondary N) is 1. The van der Waals surface area contributed by atoms with Crippen molar-refractivity contribution < 1.29 is 14.3 Å². The summed E-state index contributed by atoms with van der Waals surface area (Å²) in [6.45, 7) is 7.92. The molecule has 0 radical (unpaired) electrons. The van der Waals surface area contributed by atoms with Gasteiger partial charge >= 0.3 is 5.97 Å². The molecule has 122 valence electrons. The highest BCUT2D eigenvalue weighted by molar-refractivity contribution is 5.93. The van der Waals surface area contributed by atoms with Crippen LogP contribution in [0.1, 0.15) is 34.2 Å². The molecule has 1 heterocycles. The number of anilines is 1. The second-order valence-corrected chi connectivity index (χ2v) is 5.51. The standard InChI is InChI=1S/C18H22N2O3/c1-5-23-18(22)16-10-13(3)20(14(16)4)11-17(21)19-15-8-6-7-12(2)9-15/h6-10H,5,11H2,1-4H3,(H,19,21). The van der Waals surface area contributed by atoms with Gasteiger partial charge in [0, 0.05) is 17.1 Å². The molecule has 1 amide bonds. The highest BCUT2D eigenvalue weighted by Gasteiger charge is 2.18. The molecule has 23 heavy (non-hydrogen) atoms. The van der Waals surface area contributed by atoms with Crippen LogP contribution < -0.4 is 5.32 Å². The van der Waals surface area contributed by atoms with Gasteiger partial charge in [0.05, 0.1) is 12.2 Å². The summed E-state index contributed by atoms with van der Waals surface area (Å²) in [6.07, 6.45) is 0. The minimum atomic E-state index is -0.356. The Balaban J connectivity index is 2.13. The van der Waals surface area contributed by atoms with Gasteiger partial charge in [0.1, 0.15) is 6.54 Å². The molecule has 1 N–H and O–H groups in total. The first-order valence-electron chi connectivity index (χ1n) is 7.62. The molecule has 5 heteroatoms. The Bertz CT molecular complexity index is 732. The van der Waals surface area contributed by atoms with Crippen LogP contribution in [-0.4, -0.2) is 23.1 Å². The number of hydrogen-bond donors (Lipinski definition) is 1. The third kappa shape index (κ3) is 4.00. The maximum atomic E-state index is 12.3. The van der Waals surface area contributed by atoms with Gasteiger partial charge in [-0.15, -0.1) is 0 Å². The summed E-state index contributed by atoms with van der Waals surface area (Å²) >= 11 is 0. The summed E-state index contributed by atoms with van der Waals surface area (Å²) in [7, 11) is 0. The van der Waals surface area contributed by atoms with Crippen LogP contribution in [-0.2, 0) is 16.1 Å². The molecule has 0 saturated carbocycles. The molecule has 0 saturated heterocycles.